The first-order valence-corrected chi connectivity index (χ1v) is 4.68. The largest absolute Gasteiger partial charge is 0.410 e. The normalized spacial score (nSPS) is 11.1. The van der Waals surface area contributed by atoms with E-state index in [1.807, 2.05) is 6.07 Å². The summed E-state index contributed by atoms with van der Waals surface area (Å²) in [5.41, 5.74) is 12.3. The van der Waals surface area contributed by atoms with Crippen molar-refractivity contribution in [3.05, 3.63) is 23.8 Å². The van der Waals surface area contributed by atoms with Gasteiger partial charge in [-0.25, -0.2) is 4.79 Å². The Morgan fingerprint density at radius 2 is 1.93 bits per heavy atom. The van der Waals surface area contributed by atoms with Crippen molar-refractivity contribution in [2.75, 3.05) is 5.73 Å². The summed E-state index contributed by atoms with van der Waals surface area (Å²) in [4.78, 5) is 10.5. The molecule has 0 bridgehead atoms. The Morgan fingerprint density at radius 3 is 2.33 bits per heavy atom. The van der Waals surface area contributed by atoms with Crippen LogP contribution in [0.25, 0.3) is 0 Å². The van der Waals surface area contributed by atoms with Gasteiger partial charge in [0.25, 0.3) is 0 Å². The predicted molar refractivity (Wildman–Crippen MR) is 59.8 cm³/mol. The van der Waals surface area contributed by atoms with E-state index in [4.69, 9.17) is 16.2 Å². The minimum Gasteiger partial charge on any atom is -0.410 e. The fraction of sp³-hybridized carbons (Fsp3) is 0.364. The average molecular weight is 208 g/mol. The first-order chi connectivity index (χ1) is 6.80. The van der Waals surface area contributed by atoms with Crippen LogP contribution in [0.5, 0.6) is 5.75 Å². The maximum atomic E-state index is 10.5. The third-order valence-corrected chi connectivity index (χ3v) is 2.05. The Hall–Kier alpha value is -1.71. The lowest BCUT2D eigenvalue weighted by Crippen LogP contribution is -2.17. The van der Waals surface area contributed by atoms with E-state index < -0.39 is 6.09 Å². The highest BCUT2D eigenvalue weighted by molar-refractivity contribution is 5.69. The summed E-state index contributed by atoms with van der Waals surface area (Å²) >= 11 is 0. The van der Waals surface area contributed by atoms with Gasteiger partial charge in [0.2, 0.25) is 0 Å². The Balaban J connectivity index is 3.04. The van der Waals surface area contributed by atoms with Gasteiger partial charge in [0.1, 0.15) is 5.75 Å². The summed E-state index contributed by atoms with van der Waals surface area (Å²) in [6.07, 6.45) is -0.835. The maximum absolute atomic E-state index is 10.5. The monoisotopic (exact) mass is 208 g/mol. The molecule has 1 amide bonds. The van der Waals surface area contributed by atoms with Crippen molar-refractivity contribution in [3.8, 4) is 5.75 Å². The van der Waals surface area contributed by atoms with Crippen molar-refractivity contribution >= 4 is 11.8 Å². The van der Waals surface area contributed by atoms with E-state index in [0.717, 1.165) is 5.56 Å². The van der Waals surface area contributed by atoms with Crippen molar-refractivity contribution < 1.29 is 9.53 Å². The molecular formula is C11H16N2O2. The number of primary amides is 1. The molecule has 0 aliphatic rings. The van der Waals surface area contributed by atoms with Gasteiger partial charge in [-0.15, -0.1) is 0 Å². The molecule has 1 aromatic rings. The SMILES string of the molecule is CC(C)(C)c1ccc(OC(N)=O)cc1N. The fourth-order valence-corrected chi connectivity index (χ4v) is 1.40. The van der Waals surface area contributed by atoms with Crippen LogP contribution >= 0.6 is 0 Å². The van der Waals surface area contributed by atoms with Crippen LogP contribution in [0, 0.1) is 0 Å². The molecule has 0 atom stereocenters. The number of ether oxygens (including phenoxy) is 1. The zero-order chi connectivity index (χ0) is 11.6. The third kappa shape index (κ3) is 2.87. The number of carbonyl (C=O) groups excluding carboxylic acids is 1. The highest BCUT2D eigenvalue weighted by Gasteiger charge is 2.17. The molecule has 0 aromatic heterocycles. The van der Waals surface area contributed by atoms with Crippen LogP contribution in [0.15, 0.2) is 18.2 Å². The van der Waals surface area contributed by atoms with Crippen LogP contribution in [-0.4, -0.2) is 6.09 Å². The second-order valence-electron chi connectivity index (χ2n) is 4.42. The molecule has 4 N–H and O–H groups in total. The highest BCUT2D eigenvalue weighted by atomic mass is 16.5. The zero-order valence-corrected chi connectivity index (χ0v) is 9.20. The van der Waals surface area contributed by atoms with E-state index in [9.17, 15) is 4.79 Å². The van der Waals surface area contributed by atoms with Gasteiger partial charge in [0.05, 0.1) is 0 Å². The van der Waals surface area contributed by atoms with Crippen molar-refractivity contribution in [3.63, 3.8) is 0 Å². The summed E-state index contributed by atoms with van der Waals surface area (Å²) in [5.74, 6) is 0.369. The summed E-state index contributed by atoms with van der Waals surface area (Å²) in [6, 6.07) is 5.13. The minimum absolute atomic E-state index is 0.0324. The second kappa shape index (κ2) is 3.81. The van der Waals surface area contributed by atoms with Gasteiger partial charge in [0, 0.05) is 11.8 Å². The quantitative estimate of drug-likeness (QED) is 0.693. The Morgan fingerprint density at radius 1 is 1.33 bits per heavy atom. The number of anilines is 1. The van der Waals surface area contributed by atoms with Gasteiger partial charge < -0.3 is 16.2 Å². The molecule has 0 aliphatic carbocycles. The molecular weight excluding hydrogens is 192 g/mol. The molecule has 82 valence electrons. The molecule has 0 spiro atoms. The summed E-state index contributed by atoms with van der Waals surface area (Å²) < 4.78 is 4.72. The van der Waals surface area contributed by atoms with Gasteiger partial charge in [-0.1, -0.05) is 26.8 Å². The van der Waals surface area contributed by atoms with Crippen molar-refractivity contribution in [1.29, 1.82) is 0 Å². The molecule has 0 saturated carbocycles. The molecule has 1 rings (SSSR count). The summed E-state index contributed by atoms with van der Waals surface area (Å²) in [5, 5.41) is 0. The smallest absolute Gasteiger partial charge is 0.409 e. The number of hydrogen-bond acceptors (Lipinski definition) is 3. The van der Waals surface area contributed by atoms with E-state index in [2.05, 4.69) is 20.8 Å². The van der Waals surface area contributed by atoms with Crippen LogP contribution in [0.1, 0.15) is 26.3 Å². The number of benzene rings is 1. The minimum atomic E-state index is -0.835. The molecule has 0 unspecified atom stereocenters. The number of rotatable bonds is 1. The molecule has 0 radical (unpaired) electrons. The van der Waals surface area contributed by atoms with Crippen molar-refractivity contribution in [2.24, 2.45) is 5.73 Å². The van der Waals surface area contributed by atoms with E-state index in [1.54, 1.807) is 12.1 Å². The average Bonchev–Trinajstić information content (AvgIpc) is 1.99. The van der Waals surface area contributed by atoms with Crippen LogP contribution in [0.4, 0.5) is 10.5 Å². The van der Waals surface area contributed by atoms with Crippen LogP contribution < -0.4 is 16.2 Å². The van der Waals surface area contributed by atoms with Crippen LogP contribution in [0.2, 0.25) is 0 Å². The summed E-state index contributed by atoms with van der Waals surface area (Å²) in [6.45, 7) is 6.19. The van der Waals surface area contributed by atoms with Gasteiger partial charge in [0.15, 0.2) is 0 Å². The predicted octanol–water partition coefficient (Wildman–Crippen LogP) is 2.02. The Bertz CT molecular complexity index is 381. The molecule has 4 nitrogen and oxygen atoms in total. The lowest BCUT2D eigenvalue weighted by molar-refractivity contribution is 0.211. The van der Waals surface area contributed by atoms with Gasteiger partial charge in [-0.05, 0) is 17.0 Å². The molecule has 15 heavy (non-hydrogen) atoms. The standard InChI is InChI=1S/C11H16N2O2/c1-11(2,3)8-5-4-7(6-9(8)12)15-10(13)14/h4-6H,12H2,1-3H3,(H2,13,14). The highest BCUT2D eigenvalue weighted by Crippen LogP contribution is 2.30. The maximum Gasteiger partial charge on any atom is 0.409 e. The zero-order valence-electron chi connectivity index (χ0n) is 9.20. The molecule has 0 heterocycles. The molecule has 0 fully saturated rings. The number of nitrogens with two attached hydrogens (primary N) is 2. The topological polar surface area (TPSA) is 78.3 Å². The van der Waals surface area contributed by atoms with Crippen LogP contribution in [-0.2, 0) is 5.41 Å². The molecule has 0 saturated heterocycles. The first-order valence-electron chi connectivity index (χ1n) is 4.68. The Labute approximate surface area is 89.2 Å². The van der Waals surface area contributed by atoms with Crippen molar-refractivity contribution in [1.82, 2.24) is 0 Å². The fourth-order valence-electron chi connectivity index (χ4n) is 1.40. The first kappa shape index (κ1) is 11.4. The van der Waals surface area contributed by atoms with Gasteiger partial charge >= 0.3 is 6.09 Å². The van der Waals surface area contributed by atoms with E-state index in [1.165, 1.54) is 0 Å². The van der Waals surface area contributed by atoms with Crippen molar-refractivity contribution in [2.45, 2.75) is 26.2 Å². The number of amides is 1. The van der Waals surface area contributed by atoms with Gasteiger partial charge in [-0.2, -0.15) is 0 Å². The second-order valence-corrected chi connectivity index (χ2v) is 4.42. The van der Waals surface area contributed by atoms with E-state index in [-0.39, 0.29) is 5.41 Å². The number of hydrogen-bond donors (Lipinski definition) is 2. The molecule has 4 heteroatoms. The number of nitrogen functional groups attached to an aromatic ring is 1. The van der Waals surface area contributed by atoms with E-state index >= 15 is 0 Å². The third-order valence-electron chi connectivity index (χ3n) is 2.05. The molecule has 0 aliphatic heterocycles. The van der Waals surface area contributed by atoms with Gasteiger partial charge in [-0.3, -0.25) is 0 Å². The lowest BCUT2D eigenvalue weighted by Gasteiger charge is -2.21. The lowest BCUT2D eigenvalue weighted by atomic mass is 9.86. The summed E-state index contributed by atoms with van der Waals surface area (Å²) in [7, 11) is 0. The number of carbonyl (C=O) groups is 1. The Kier molecular flexibility index (Phi) is 2.88. The molecule has 1 aromatic carbocycles. The van der Waals surface area contributed by atoms with Crippen LogP contribution in [0.3, 0.4) is 0 Å². The van der Waals surface area contributed by atoms with E-state index in [0.29, 0.717) is 11.4 Å².